The lowest BCUT2D eigenvalue weighted by Gasteiger charge is -2.59. The van der Waals surface area contributed by atoms with Crippen molar-refractivity contribution in [2.45, 2.75) is 82.6 Å². The predicted molar refractivity (Wildman–Crippen MR) is 82.1 cm³/mol. The Morgan fingerprint density at radius 3 is 2.64 bits per heavy atom. The van der Waals surface area contributed by atoms with Crippen LogP contribution in [-0.2, 0) is 19.2 Å². The van der Waals surface area contributed by atoms with Gasteiger partial charge in [0.05, 0.1) is 6.61 Å². The minimum Gasteiger partial charge on any atom is -0.349 e. The zero-order valence-electron chi connectivity index (χ0n) is 14.8. The zero-order chi connectivity index (χ0) is 17.9. The fourth-order valence-corrected chi connectivity index (χ4v) is 5.57. The van der Waals surface area contributed by atoms with Gasteiger partial charge in [0.1, 0.15) is 0 Å². The van der Waals surface area contributed by atoms with E-state index in [1.807, 2.05) is 6.92 Å². The normalized spacial score (nSPS) is 49.6. The lowest BCUT2D eigenvalue weighted by Crippen LogP contribution is -2.69. The molecular formula is C18H27F3O4. The Hall–Kier alpha value is -0.370. The zero-order valence-corrected chi connectivity index (χ0v) is 14.8. The molecule has 0 N–H and O–H groups in total. The van der Waals surface area contributed by atoms with Crippen molar-refractivity contribution in [3.05, 3.63) is 0 Å². The molecule has 5 rings (SSSR count). The van der Waals surface area contributed by atoms with Crippen LogP contribution in [0.15, 0.2) is 0 Å². The maximum Gasteiger partial charge on any atom is 0.389 e. The lowest BCUT2D eigenvalue weighted by molar-refractivity contribution is -0.567. The number of fused-ring (bicyclic) bond motifs is 2. The molecule has 0 radical (unpaired) electrons. The van der Waals surface area contributed by atoms with Crippen molar-refractivity contribution in [2.24, 2.45) is 23.7 Å². The second kappa shape index (κ2) is 6.08. The van der Waals surface area contributed by atoms with Crippen LogP contribution in [0.5, 0.6) is 0 Å². The molecule has 0 aromatic carbocycles. The lowest BCUT2D eigenvalue weighted by atomic mass is 9.57. The van der Waals surface area contributed by atoms with Crippen LogP contribution in [0.4, 0.5) is 13.2 Å². The van der Waals surface area contributed by atoms with E-state index in [-0.39, 0.29) is 24.2 Å². The average Bonchev–Trinajstić information content (AvgIpc) is 2.76. The molecule has 25 heavy (non-hydrogen) atoms. The Bertz CT molecular complexity index is 513. The number of hydrogen-bond acceptors (Lipinski definition) is 4. The SMILES string of the molecule is C[C@@H]1CC[C@H]2[C@@H](CCCC(F)(F)F)COC3O[C@@]4(C)CC[C@@H]1[C@]32OO4. The van der Waals surface area contributed by atoms with Gasteiger partial charge in [0, 0.05) is 18.8 Å². The summed E-state index contributed by atoms with van der Waals surface area (Å²) >= 11 is 0. The molecule has 4 heterocycles. The smallest absolute Gasteiger partial charge is 0.349 e. The van der Waals surface area contributed by atoms with Gasteiger partial charge < -0.3 is 9.47 Å². The van der Waals surface area contributed by atoms with Crippen LogP contribution >= 0.6 is 0 Å². The minimum atomic E-state index is -4.10. The van der Waals surface area contributed by atoms with Crippen LogP contribution in [0.25, 0.3) is 0 Å². The third kappa shape index (κ3) is 3.01. The molecule has 5 aliphatic rings. The molecule has 4 saturated heterocycles. The van der Waals surface area contributed by atoms with Crippen molar-refractivity contribution in [3.8, 4) is 0 Å². The highest BCUT2D eigenvalue weighted by Gasteiger charge is 2.68. The minimum absolute atomic E-state index is 0.0586. The van der Waals surface area contributed by atoms with E-state index in [9.17, 15) is 13.2 Å². The van der Waals surface area contributed by atoms with Crippen LogP contribution in [-0.4, -0.2) is 30.5 Å². The standard InChI is InChI=1S/C18H27F3O4/c1-11-5-6-14-12(4-3-8-17(19,20)21)10-22-15-18(14)13(11)7-9-16(2,23-15)24-25-18/h11-15H,3-10H2,1-2H3/t11-,12+,13+,14+,15?,16-,18-/m1/s1. The molecule has 2 bridgehead atoms. The summed E-state index contributed by atoms with van der Waals surface area (Å²) in [6, 6.07) is 0. The topological polar surface area (TPSA) is 36.9 Å². The van der Waals surface area contributed by atoms with E-state index in [1.54, 1.807) is 0 Å². The first-order chi connectivity index (χ1) is 11.7. The van der Waals surface area contributed by atoms with Crippen LogP contribution in [0, 0.1) is 23.7 Å². The second-order valence-electron chi connectivity index (χ2n) is 8.51. The van der Waals surface area contributed by atoms with Gasteiger partial charge in [-0.05, 0) is 56.8 Å². The van der Waals surface area contributed by atoms with E-state index in [4.69, 9.17) is 19.2 Å². The molecule has 7 atom stereocenters. The number of halogens is 3. The molecule has 1 unspecified atom stereocenters. The first kappa shape index (κ1) is 18.0. The first-order valence-electron chi connectivity index (χ1n) is 9.46. The molecule has 4 aliphatic heterocycles. The van der Waals surface area contributed by atoms with Gasteiger partial charge in [-0.25, -0.2) is 9.78 Å². The Morgan fingerprint density at radius 2 is 1.88 bits per heavy atom. The highest BCUT2D eigenvalue weighted by molar-refractivity contribution is 5.08. The maximum atomic E-state index is 12.5. The van der Waals surface area contributed by atoms with Crippen LogP contribution in [0.3, 0.4) is 0 Å². The predicted octanol–water partition coefficient (Wildman–Crippen LogP) is 4.58. The van der Waals surface area contributed by atoms with E-state index in [1.165, 1.54) is 0 Å². The van der Waals surface area contributed by atoms with E-state index in [2.05, 4.69) is 6.92 Å². The Labute approximate surface area is 146 Å². The summed E-state index contributed by atoms with van der Waals surface area (Å²) in [6.07, 6.45) is -1.01. The number of alkyl halides is 3. The molecule has 7 heteroatoms. The van der Waals surface area contributed by atoms with Gasteiger partial charge in [-0.3, -0.25) is 0 Å². The monoisotopic (exact) mass is 364 g/mol. The molecule has 1 saturated carbocycles. The van der Waals surface area contributed by atoms with E-state index < -0.39 is 30.3 Å². The fourth-order valence-electron chi connectivity index (χ4n) is 5.57. The second-order valence-corrected chi connectivity index (χ2v) is 8.51. The Balaban J connectivity index is 1.57. The maximum absolute atomic E-state index is 12.5. The van der Waals surface area contributed by atoms with Crippen LogP contribution in [0.2, 0.25) is 0 Å². The Morgan fingerprint density at radius 1 is 1.08 bits per heavy atom. The van der Waals surface area contributed by atoms with Gasteiger partial charge in [-0.15, -0.1) is 0 Å². The van der Waals surface area contributed by atoms with Gasteiger partial charge in [0.25, 0.3) is 0 Å². The first-order valence-corrected chi connectivity index (χ1v) is 9.46. The van der Waals surface area contributed by atoms with Crippen molar-refractivity contribution in [1.29, 1.82) is 0 Å². The van der Waals surface area contributed by atoms with Crippen molar-refractivity contribution in [3.63, 3.8) is 0 Å². The Kier molecular flexibility index (Phi) is 4.38. The van der Waals surface area contributed by atoms with Crippen molar-refractivity contribution >= 4 is 0 Å². The summed E-state index contributed by atoms with van der Waals surface area (Å²) in [5.41, 5.74) is -0.672. The van der Waals surface area contributed by atoms with Gasteiger partial charge >= 0.3 is 6.18 Å². The summed E-state index contributed by atoms with van der Waals surface area (Å²) in [5.74, 6) is 0.113. The molecule has 0 amide bonds. The highest BCUT2D eigenvalue weighted by Crippen LogP contribution is 2.60. The molecule has 1 aliphatic carbocycles. The molecule has 0 aromatic rings. The number of hydrogen-bond donors (Lipinski definition) is 0. The average molecular weight is 364 g/mol. The van der Waals surface area contributed by atoms with Crippen LogP contribution in [0.1, 0.15) is 58.8 Å². The quantitative estimate of drug-likeness (QED) is 0.687. The largest absolute Gasteiger partial charge is 0.389 e. The molecular weight excluding hydrogens is 337 g/mol. The van der Waals surface area contributed by atoms with Crippen molar-refractivity contribution in [1.82, 2.24) is 0 Å². The molecule has 0 aromatic heterocycles. The molecule has 144 valence electrons. The van der Waals surface area contributed by atoms with E-state index >= 15 is 0 Å². The third-order valence-corrected chi connectivity index (χ3v) is 6.84. The highest BCUT2D eigenvalue weighted by atomic mass is 19.4. The van der Waals surface area contributed by atoms with Gasteiger partial charge in [-0.1, -0.05) is 6.92 Å². The summed E-state index contributed by atoms with van der Waals surface area (Å²) in [5, 5.41) is 0. The molecule has 4 nitrogen and oxygen atoms in total. The summed E-state index contributed by atoms with van der Waals surface area (Å²) in [6.45, 7) is 4.54. The summed E-state index contributed by atoms with van der Waals surface area (Å²) in [7, 11) is 0. The van der Waals surface area contributed by atoms with Gasteiger partial charge in [0.2, 0.25) is 5.79 Å². The summed E-state index contributed by atoms with van der Waals surface area (Å²) < 4.78 is 49.7. The van der Waals surface area contributed by atoms with E-state index in [0.29, 0.717) is 18.9 Å². The number of ether oxygens (including phenoxy) is 2. The van der Waals surface area contributed by atoms with Crippen LogP contribution < -0.4 is 0 Å². The number of rotatable bonds is 3. The third-order valence-electron chi connectivity index (χ3n) is 6.84. The summed E-state index contributed by atoms with van der Waals surface area (Å²) in [4.78, 5) is 11.7. The van der Waals surface area contributed by atoms with Crippen molar-refractivity contribution < 1.29 is 32.4 Å². The van der Waals surface area contributed by atoms with Crippen molar-refractivity contribution in [2.75, 3.05) is 6.61 Å². The van der Waals surface area contributed by atoms with Gasteiger partial charge in [0.15, 0.2) is 11.9 Å². The molecule has 1 spiro atoms. The molecule has 5 fully saturated rings. The fraction of sp³-hybridized carbons (Fsp3) is 1.00. The van der Waals surface area contributed by atoms with E-state index in [0.717, 1.165) is 25.7 Å². The van der Waals surface area contributed by atoms with Gasteiger partial charge in [-0.2, -0.15) is 13.2 Å².